The maximum atomic E-state index is 12.2. The number of fused-ring (bicyclic) bond motifs is 5. The molecule has 3 N–H and O–H groups in total. The number of H-pyrrole nitrogens is 2. The molecule has 122 valence electrons. The maximum absolute atomic E-state index is 12.2. The number of anilines is 1. The SMILES string of the molecule is O=C(Cc1ccsc1)Nc1ccc2[nH]c3c(ccc4cn[nH]c43)c2c1. The Bertz CT molecular complexity index is 1220. The minimum absolute atomic E-state index is 0.00597. The van der Waals surface area contributed by atoms with Crippen LogP contribution in [0.25, 0.3) is 32.7 Å². The molecule has 0 radical (unpaired) electrons. The summed E-state index contributed by atoms with van der Waals surface area (Å²) in [5, 5.41) is 17.4. The van der Waals surface area contributed by atoms with Gasteiger partial charge in [0, 0.05) is 27.4 Å². The number of thiophene rings is 1. The topological polar surface area (TPSA) is 73.6 Å². The van der Waals surface area contributed by atoms with Crippen LogP contribution in [0.2, 0.25) is 0 Å². The Labute approximate surface area is 146 Å². The molecule has 6 heteroatoms. The molecule has 0 fully saturated rings. The van der Waals surface area contributed by atoms with Crippen LogP contribution in [0.15, 0.2) is 53.4 Å². The van der Waals surface area contributed by atoms with E-state index in [2.05, 4.69) is 32.6 Å². The van der Waals surface area contributed by atoms with E-state index in [9.17, 15) is 4.79 Å². The van der Waals surface area contributed by atoms with Crippen LogP contribution in [-0.4, -0.2) is 21.1 Å². The fraction of sp³-hybridized carbons (Fsp3) is 0.0526. The molecule has 0 atom stereocenters. The van der Waals surface area contributed by atoms with Crippen LogP contribution in [0, 0.1) is 0 Å². The quantitative estimate of drug-likeness (QED) is 0.452. The first-order valence-corrected chi connectivity index (χ1v) is 8.91. The Morgan fingerprint density at radius 2 is 2.08 bits per heavy atom. The van der Waals surface area contributed by atoms with E-state index in [0.717, 1.165) is 44.0 Å². The first kappa shape index (κ1) is 14.2. The zero-order chi connectivity index (χ0) is 16.8. The van der Waals surface area contributed by atoms with Crippen LogP contribution in [-0.2, 0) is 11.2 Å². The van der Waals surface area contributed by atoms with Gasteiger partial charge < -0.3 is 10.3 Å². The smallest absolute Gasteiger partial charge is 0.228 e. The van der Waals surface area contributed by atoms with Gasteiger partial charge in [0.15, 0.2) is 0 Å². The molecule has 0 aliphatic rings. The van der Waals surface area contributed by atoms with Crippen LogP contribution >= 0.6 is 11.3 Å². The second kappa shape index (κ2) is 5.46. The Hall–Kier alpha value is -3.12. The van der Waals surface area contributed by atoms with Crippen molar-refractivity contribution in [2.75, 3.05) is 5.32 Å². The second-order valence-corrected chi connectivity index (χ2v) is 6.84. The van der Waals surface area contributed by atoms with E-state index in [1.165, 1.54) is 0 Å². The molecule has 0 saturated carbocycles. The van der Waals surface area contributed by atoms with Crippen molar-refractivity contribution < 1.29 is 4.79 Å². The summed E-state index contributed by atoms with van der Waals surface area (Å²) < 4.78 is 0. The van der Waals surface area contributed by atoms with Crippen LogP contribution < -0.4 is 5.32 Å². The normalized spacial score (nSPS) is 11.5. The van der Waals surface area contributed by atoms with Gasteiger partial charge in [0.25, 0.3) is 0 Å². The molecule has 0 bridgehead atoms. The number of nitrogens with zero attached hydrogens (tertiary/aromatic N) is 1. The first-order chi connectivity index (χ1) is 12.3. The molecule has 0 aliphatic carbocycles. The molecule has 1 amide bonds. The van der Waals surface area contributed by atoms with Crippen molar-refractivity contribution in [2.24, 2.45) is 0 Å². The van der Waals surface area contributed by atoms with Gasteiger partial charge in [-0.25, -0.2) is 0 Å². The third-order valence-electron chi connectivity index (χ3n) is 4.42. The summed E-state index contributed by atoms with van der Waals surface area (Å²) in [7, 11) is 0. The average molecular weight is 346 g/mol. The number of carbonyl (C=O) groups excluding carboxylic acids is 1. The van der Waals surface area contributed by atoms with Gasteiger partial charge in [-0.3, -0.25) is 9.89 Å². The largest absolute Gasteiger partial charge is 0.353 e. The first-order valence-electron chi connectivity index (χ1n) is 7.96. The van der Waals surface area contributed by atoms with E-state index in [0.29, 0.717) is 6.42 Å². The molecule has 3 aromatic heterocycles. The van der Waals surface area contributed by atoms with Crippen LogP contribution in [0.4, 0.5) is 5.69 Å². The zero-order valence-electron chi connectivity index (χ0n) is 13.2. The number of aromatic amines is 2. The highest BCUT2D eigenvalue weighted by molar-refractivity contribution is 7.08. The van der Waals surface area contributed by atoms with Gasteiger partial charge >= 0.3 is 0 Å². The Morgan fingerprint density at radius 3 is 2.96 bits per heavy atom. The molecule has 5 nitrogen and oxygen atoms in total. The van der Waals surface area contributed by atoms with Gasteiger partial charge in [0.2, 0.25) is 5.91 Å². The number of amides is 1. The number of hydrogen-bond acceptors (Lipinski definition) is 3. The lowest BCUT2D eigenvalue weighted by Crippen LogP contribution is -2.13. The highest BCUT2D eigenvalue weighted by Crippen LogP contribution is 2.31. The lowest BCUT2D eigenvalue weighted by molar-refractivity contribution is -0.115. The van der Waals surface area contributed by atoms with E-state index in [1.54, 1.807) is 11.3 Å². The Kier molecular flexibility index (Phi) is 3.11. The lowest BCUT2D eigenvalue weighted by Gasteiger charge is -2.04. The summed E-state index contributed by atoms with van der Waals surface area (Å²) in [6.07, 6.45) is 2.21. The van der Waals surface area contributed by atoms with Crippen molar-refractivity contribution in [1.82, 2.24) is 15.2 Å². The minimum atomic E-state index is -0.00597. The molecular formula is C19H14N4OS. The van der Waals surface area contributed by atoms with Crippen LogP contribution in [0.5, 0.6) is 0 Å². The monoisotopic (exact) mass is 346 g/mol. The molecule has 5 rings (SSSR count). The predicted molar refractivity (Wildman–Crippen MR) is 102 cm³/mol. The molecular weight excluding hydrogens is 332 g/mol. The van der Waals surface area contributed by atoms with Crippen LogP contribution in [0.3, 0.4) is 0 Å². The minimum Gasteiger partial charge on any atom is -0.353 e. The fourth-order valence-corrected chi connectivity index (χ4v) is 3.91. The predicted octanol–water partition coefficient (Wildman–Crippen LogP) is 4.44. The van der Waals surface area contributed by atoms with Crippen molar-refractivity contribution >= 4 is 55.6 Å². The number of nitrogens with one attached hydrogen (secondary N) is 3. The van der Waals surface area contributed by atoms with Gasteiger partial charge in [-0.1, -0.05) is 12.1 Å². The molecule has 5 aromatic rings. The van der Waals surface area contributed by atoms with E-state index in [-0.39, 0.29) is 5.91 Å². The summed E-state index contributed by atoms with van der Waals surface area (Å²) in [5.41, 5.74) is 4.91. The molecule has 0 spiro atoms. The standard InChI is InChI=1S/C19H14N4OS/c24-17(7-11-5-6-25-10-11)21-13-2-4-16-15(8-13)14-3-1-12-9-20-23-18(12)19(14)22-16/h1-6,8-10,22H,7H2,(H,20,23)(H,21,24). The van der Waals surface area contributed by atoms with Crippen molar-refractivity contribution in [3.8, 4) is 0 Å². The molecule has 0 aliphatic heterocycles. The van der Waals surface area contributed by atoms with Crippen molar-refractivity contribution in [1.29, 1.82) is 0 Å². The average Bonchev–Trinajstić information content (AvgIpc) is 3.32. The third-order valence-corrected chi connectivity index (χ3v) is 5.15. The van der Waals surface area contributed by atoms with E-state index in [4.69, 9.17) is 0 Å². The zero-order valence-corrected chi connectivity index (χ0v) is 14.0. The van der Waals surface area contributed by atoms with Gasteiger partial charge in [0.1, 0.15) is 0 Å². The Morgan fingerprint density at radius 1 is 1.12 bits per heavy atom. The summed E-state index contributed by atoms with van der Waals surface area (Å²) in [6.45, 7) is 0. The Balaban J connectivity index is 1.54. The maximum Gasteiger partial charge on any atom is 0.228 e. The highest BCUT2D eigenvalue weighted by atomic mass is 32.1. The number of aromatic nitrogens is 3. The lowest BCUT2D eigenvalue weighted by atomic mass is 10.1. The summed E-state index contributed by atoms with van der Waals surface area (Å²) in [6, 6.07) is 12.1. The summed E-state index contributed by atoms with van der Waals surface area (Å²) >= 11 is 1.60. The molecule has 0 unspecified atom stereocenters. The van der Waals surface area contributed by atoms with Crippen molar-refractivity contribution in [3.05, 3.63) is 58.9 Å². The highest BCUT2D eigenvalue weighted by Gasteiger charge is 2.11. The molecule has 2 aromatic carbocycles. The van der Waals surface area contributed by atoms with Crippen molar-refractivity contribution in [3.63, 3.8) is 0 Å². The molecule has 25 heavy (non-hydrogen) atoms. The van der Waals surface area contributed by atoms with Crippen LogP contribution in [0.1, 0.15) is 5.56 Å². The number of rotatable bonds is 3. The fourth-order valence-electron chi connectivity index (χ4n) is 3.24. The summed E-state index contributed by atoms with van der Waals surface area (Å²) in [4.78, 5) is 15.7. The molecule has 3 heterocycles. The van der Waals surface area contributed by atoms with Gasteiger partial charge in [-0.2, -0.15) is 16.4 Å². The van der Waals surface area contributed by atoms with Crippen molar-refractivity contribution in [2.45, 2.75) is 6.42 Å². The number of carbonyl (C=O) groups is 1. The second-order valence-electron chi connectivity index (χ2n) is 6.06. The number of hydrogen-bond donors (Lipinski definition) is 3. The number of benzene rings is 2. The van der Waals surface area contributed by atoms with Gasteiger partial charge in [0.05, 0.1) is 23.7 Å². The van der Waals surface area contributed by atoms with E-state index in [1.807, 2.05) is 41.2 Å². The van der Waals surface area contributed by atoms with E-state index < -0.39 is 0 Å². The van der Waals surface area contributed by atoms with Gasteiger partial charge in [-0.15, -0.1) is 0 Å². The van der Waals surface area contributed by atoms with Gasteiger partial charge in [-0.05, 0) is 40.6 Å². The molecule has 0 saturated heterocycles. The van der Waals surface area contributed by atoms with E-state index >= 15 is 0 Å². The summed E-state index contributed by atoms with van der Waals surface area (Å²) in [5.74, 6) is -0.00597. The third kappa shape index (κ3) is 2.38.